The minimum atomic E-state index is -4.92. The molecule has 0 aliphatic heterocycles. The number of hydrogen-bond donors (Lipinski definition) is 0. The number of aryl methyl sites for hydroxylation is 1. The molecule has 0 fully saturated rings. The lowest BCUT2D eigenvalue weighted by molar-refractivity contribution is -0.144. The Morgan fingerprint density at radius 1 is 1.16 bits per heavy atom. The van der Waals surface area contributed by atoms with E-state index in [-0.39, 0.29) is 31.3 Å². The lowest BCUT2D eigenvalue weighted by atomic mass is 10.2. The van der Waals surface area contributed by atoms with Gasteiger partial charge in [0.25, 0.3) is 5.56 Å². The van der Waals surface area contributed by atoms with Crippen LogP contribution in [0.3, 0.4) is 0 Å². The van der Waals surface area contributed by atoms with E-state index in [2.05, 4.69) is 10.3 Å². The second kappa shape index (κ2) is 5.41. The van der Waals surface area contributed by atoms with Crippen molar-refractivity contribution in [3.63, 3.8) is 0 Å². The van der Waals surface area contributed by atoms with Gasteiger partial charge in [0.05, 0.1) is 5.02 Å². The van der Waals surface area contributed by atoms with E-state index in [1.165, 1.54) is 11.7 Å². The monoisotopic (exact) mass is 377 g/mol. The molecular formula is C13H8ClF4N5O2. The van der Waals surface area contributed by atoms with Crippen LogP contribution in [-0.2, 0) is 20.3 Å². The first-order valence-electron chi connectivity index (χ1n) is 6.62. The maximum absolute atomic E-state index is 14.4. The summed E-state index contributed by atoms with van der Waals surface area (Å²) in [5, 5.41) is 7.21. The number of rotatable bonds is 1. The molecule has 0 amide bonds. The van der Waals surface area contributed by atoms with Crippen molar-refractivity contribution in [2.45, 2.75) is 6.18 Å². The highest BCUT2D eigenvalue weighted by atomic mass is 35.5. The number of hydrogen-bond acceptors (Lipinski definition) is 4. The minimum absolute atomic E-state index is 0.0828. The zero-order valence-electron chi connectivity index (χ0n) is 12.6. The predicted molar refractivity (Wildman–Crippen MR) is 79.3 cm³/mol. The van der Waals surface area contributed by atoms with Gasteiger partial charge < -0.3 is 0 Å². The third kappa shape index (κ3) is 2.51. The minimum Gasteiger partial charge on any atom is -0.292 e. The van der Waals surface area contributed by atoms with Crippen LogP contribution in [0.25, 0.3) is 16.7 Å². The quantitative estimate of drug-likeness (QED) is 0.604. The van der Waals surface area contributed by atoms with Gasteiger partial charge >= 0.3 is 11.9 Å². The highest BCUT2D eigenvalue weighted by Gasteiger charge is 2.35. The van der Waals surface area contributed by atoms with Gasteiger partial charge in [-0.25, -0.2) is 18.4 Å². The van der Waals surface area contributed by atoms with Crippen LogP contribution in [0.15, 0.2) is 21.7 Å². The molecule has 0 unspecified atom stereocenters. The Morgan fingerprint density at radius 2 is 1.80 bits per heavy atom. The van der Waals surface area contributed by atoms with Crippen molar-refractivity contribution in [3.05, 3.63) is 49.5 Å². The Labute approximate surface area is 140 Å². The highest BCUT2D eigenvalue weighted by molar-refractivity contribution is 6.35. The fraction of sp³-hybridized carbons (Fsp3) is 0.231. The van der Waals surface area contributed by atoms with E-state index < -0.39 is 34.6 Å². The van der Waals surface area contributed by atoms with E-state index in [4.69, 9.17) is 11.6 Å². The van der Waals surface area contributed by atoms with Crippen molar-refractivity contribution in [1.82, 2.24) is 24.1 Å². The molecule has 1 aromatic carbocycles. The first-order valence-corrected chi connectivity index (χ1v) is 7.00. The summed E-state index contributed by atoms with van der Waals surface area (Å²) in [5.74, 6) is -1.10. The Hall–Kier alpha value is -2.69. The fourth-order valence-electron chi connectivity index (χ4n) is 2.46. The van der Waals surface area contributed by atoms with Crippen molar-refractivity contribution in [2.75, 3.05) is 0 Å². The number of aromatic nitrogens is 5. The topological polar surface area (TPSA) is 74.7 Å². The molecule has 0 bridgehead atoms. The van der Waals surface area contributed by atoms with Gasteiger partial charge in [0.1, 0.15) is 22.4 Å². The summed E-state index contributed by atoms with van der Waals surface area (Å²) < 4.78 is 54.8. The summed E-state index contributed by atoms with van der Waals surface area (Å²) in [6.45, 7) is 0. The third-order valence-corrected chi connectivity index (χ3v) is 3.88. The zero-order valence-corrected chi connectivity index (χ0v) is 13.4. The van der Waals surface area contributed by atoms with E-state index in [0.29, 0.717) is 0 Å². The second-order valence-electron chi connectivity index (χ2n) is 5.14. The molecule has 0 atom stereocenters. The van der Waals surface area contributed by atoms with Gasteiger partial charge in [0.15, 0.2) is 5.82 Å². The molecule has 3 aromatic rings. The van der Waals surface area contributed by atoms with Crippen molar-refractivity contribution in [3.8, 4) is 5.69 Å². The normalized spacial score (nSPS) is 12.1. The second-order valence-corrected chi connectivity index (χ2v) is 5.55. The van der Waals surface area contributed by atoms with Crippen LogP contribution in [0, 0.1) is 5.82 Å². The molecule has 12 heteroatoms. The molecule has 2 heterocycles. The third-order valence-electron chi connectivity index (χ3n) is 3.59. The molecule has 132 valence electrons. The molecule has 0 spiro atoms. The summed E-state index contributed by atoms with van der Waals surface area (Å²) in [6.07, 6.45) is -4.92. The molecular weight excluding hydrogens is 370 g/mol. The SMILES string of the molecule is Cn1c(C(F)(F)F)cc(=O)n(-c2c(F)cc(Cl)c3c2nnn3C)c1=O. The van der Waals surface area contributed by atoms with Gasteiger partial charge in [-0.05, 0) is 6.07 Å². The maximum atomic E-state index is 14.4. The molecule has 0 aliphatic rings. The van der Waals surface area contributed by atoms with Gasteiger partial charge in [0, 0.05) is 20.2 Å². The van der Waals surface area contributed by atoms with E-state index >= 15 is 0 Å². The van der Waals surface area contributed by atoms with Crippen LogP contribution >= 0.6 is 11.6 Å². The Kier molecular flexibility index (Phi) is 3.71. The van der Waals surface area contributed by atoms with Gasteiger partial charge in [-0.3, -0.25) is 9.36 Å². The predicted octanol–water partition coefficient (Wildman–Crippen LogP) is 1.63. The fourth-order valence-corrected chi connectivity index (χ4v) is 2.77. The van der Waals surface area contributed by atoms with E-state index in [1.807, 2.05) is 0 Å². The van der Waals surface area contributed by atoms with Crippen LogP contribution in [0.1, 0.15) is 5.69 Å². The lowest BCUT2D eigenvalue weighted by Crippen LogP contribution is -2.41. The molecule has 0 aliphatic carbocycles. The molecule has 25 heavy (non-hydrogen) atoms. The molecule has 2 aromatic heterocycles. The number of halogens is 5. The maximum Gasteiger partial charge on any atom is 0.431 e. The van der Waals surface area contributed by atoms with Gasteiger partial charge in [-0.15, -0.1) is 5.10 Å². The molecule has 0 saturated carbocycles. The van der Waals surface area contributed by atoms with Crippen LogP contribution in [-0.4, -0.2) is 24.1 Å². The van der Waals surface area contributed by atoms with Crippen molar-refractivity contribution >= 4 is 22.6 Å². The summed E-state index contributed by atoms with van der Waals surface area (Å²) in [4.78, 5) is 24.5. The number of nitrogens with zero attached hydrogens (tertiary/aromatic N) is 5. The summed E-state index contributed by atoms with van der Waals surface area (Å²) in [5.41, 5.74) is -4.93. The zero-order chi connectivity index (χ0) is 18.7. The molecule has 0 radical (unpaired) electrons. The van der Waals surface area contributed by atoms with Crippen molar-refractivity contribution in [1.29, 1.82) is 0 Å². The van der Waals surface area contributed by atoms with Gasteiger partial charge in [-0.2, -0.15) is 13.2 Å². The molecule has 3 rings (SSSR count). The largest absolute Gasteiger partial charge is 0.431 e. The van der Waals surface area contributed by atoms with Crippen LogP contribution in [0.2, 0.25) is 5.02 Å². The first kappa shape index (κ1) is 17.1. The lowest BCUT2D eigenvalue weighted by Gasteiger charge is -2.14. The van der Waals surface area contributed by atoms with E-state index in [9.17, 15) is 27.2 Å². The van der Waals surface area contributed by atoms with E-state index in [0.717, 1.165) is 13.1 Å². The van der Waals surface area contributed by atoms with Crippen LogP contribution in [0.4, 0.5) is 17.6 Å². The number of fused-ring (bicyclic) bond motifs is 1. The number of alkyl halides is 3. The summed E-state index contributed by atoms with van der Waals surface area (Å²) in [6, 6.07) is 1.03. The molecule has 7 nitrogen and oxygen atoms in total. The Balaban J connectivity index is 2.48. The van der Waals surface area contributed by atoms with Crippen LogP contribution in [0.5, 0.6) is 0 Å². The summed E-state index contributed by atoms with van der Waals surface area (Å²) >= 11 is 5.90. The highest BCUT2D eigenvalue weighted by Crippen LogP contribution is 2.30. The van der Waals surface area contributed by atoms with Crippen molar-refractivity contribution < 1.29 is 17.6 Å². The smallest absolute Gasteiger partial charge is 0.292 e. The Bertz CT molecular complexity index is 1130. The molecule has 0 N–H and O–H groups in total. The van der Waals surface area contributed by atoms with Gasteiger partial charge in [0.2, 0.25) is 0 Å². The van der Waals surface area contributed by atoms with E-state index in [1.54, 1.807) is 0 Å². The Morgan fingerprint density at radius 3 is 2.40 bits per heavy atom. The average Bonchev–Trinajstić information content (AvgIpc) is 2.87. The van der Waals surface area contributed by atoms with Crippen LogP contribution < -0.4 is 11.2 Å². The first-order chi connectivity index (χ1) is 11.5. The van der Waals surface area contributed by atoms with Gasteiger partial charge in [-0.1, -0.05) is 16.8 Å². The number of benzene rings is 1. The average molecular weight is 378 g/mol. The van der Waals surface area contributed by atoms with Crippen molar-refractivity contribution in [2.24, 2.45) is 14.1 Å². The standard InChI is InChI=1S/C13H8ClF4N5O2/c1-21-7(13(16,17)18)4-8(24)23(12(21)25)11-6(15)3-5(14)10-9(11)19-20-22(10)2/h3-4H,1-2H3. The summed E-state index contributed by atoms with van der Waals surface area (Å²) in [7, 11) is 2.26. The molecule has 0 saturated heterocycles.